The van der Waals surface area contributed by atoms with Gasteiger partial charge in [-0.1, -0.05) is 29.8 Å². The Morgan fingerprint density at radius 3 is 2.65 bits per heavy atom. The average molecular weight is 245 g/mol. The van der Waals surface area contributed by atoms with Crippen molar-refractivity contribution in [2.45, 2.75) is 6.92 Å². The monoisotopic (exact) mass is 244 g/mol. The van der Waals surface area contributed by atoms with Crippen molar-refractivity contribution in [2.24, 2.45) is 0 Å². The molecule has 0 aliphatic carbocycles. The summed E-state index contributed by atoms with van der Waals surface area (Å²) in [5.74, 6) is 0.639. The van der Waals surface area contributed by atoms with Crippen LogP contribution in [0.15, 0.2) is 36.7 Å². The van der Waals surface area contributed by atoms with Crippen LogP contribution in [0.1, 0.15) is 5.82 Å². The summed E-state index contributed by atoms with van der Waals surface area (Å²) in [6.07, 6.45) is 1.71. The maximum Gasteiger partial charge on any atom is 0.169 e. The number of imidazole rings is 1. The van der Waals surface area contributed by atoms with Gasteiger partial charge >= 0.3 is 0 Å². The van der Waals surface area contributed by atoms with Gasteiger partial charge in [-0.05, 0) is 19.1 Å². The van der Waals surface area contributed by atoms with Gasteiger partial charge in [0.25, 0.3) is 0 Å². The minimum absolute atomic E-state index is 0.391. The number of nitrogens with zero attached hydrogens (tertiary/aromatic N) is 4. The van der Waals surface area contributed by atoms with Crippen LogP contribution in [0.2, 0.25) is 5.15 Å². The Bertz CT molecular complexity index is 676. The van der Waals surface area contributed by atoms with Crippen molar-refractivity contribution in [1.82, 2.24) is 19.5 Å². The lowest BCUT2D eigenvalue weighted by Crippen LogP contribution is -1.96. The fraction of sp³-hybridized carbons (Fsp3) is 0.0833. The van der Waals surface area contributed by atoms with Crippen molar-refractivity contribution in [3.63, 3.8) is 0 Å². The van der Waals surface area contributed by atoms with Crippen molar-refractivity contribution in [3.8, 4) is 5.69 Å². The van der Waals surface area contributed by atoms with Crippen molar-refractivity contribution < 1.29 is 0 Å². The van der Waals surface area contributed by atoms with Crippen LogP contribution in [0, 0.1) is 6.92 Å². The molecule has 3 rings (SSSR count). The number of aromatic nitrogens is 4. The predicted octanol–water partition coefficient (Wildman–Crippen LogP) is 2.78. The van der Waals surface area contributed by atoms with E-state index >= 15 is 0 Å². The highest BCUT2D eigenvalue weighted by Crippen LogP contribution is 2.21. The minimum atomic E-state index is 0.391. The van der Waals surface area contributed by atoms with Gasteiger partial charge in [-0.25, -0.2) is 15.0 Å². The van der Waals surface area contributed by atoms with Crippen molar-refractivity contribution in [1.29, 1.82) is 0 Å². The summed E-state index contributed by atoms with van der Waals surface area (Å²) >= 11 is 6.04. The molecule has 84 valence electrons. The number of para-hydroxylation sites is 1. The van der Waals surface area contributed by atoms with Gasteiger partial charge in [-0.3, -0.25) is 4.57 Å². The number of hydrogen-bond acceptors (Lipinski definition) is 3. The molecule has 0 fully saturated rings. The number of benzene rings is 1. The number of hydrogen-bond donors (Lipinski definition) is 0. The largest absolute Gasteiger partial charge is 0.283 e. The fourth-order valence-corrected chi connectivity index (χ4v) is 2.00. The van der Waals surface area contributed by atoms with Gasteiger partial charge < -0.3 is 0 Å². The van der Waals surface area contributed by atoms with E-state index in [2.05, 4.69) is 15.0 Å². The summed E-state index contributed by atoms with van der Waals surface area (Å²) in [5.41, 5.74) is 2.36. The van der Waals surface area contributed by atoms with Gasteiger partial charge in [0, 0.05) is 5.69 Å². The molecular weight excluding hydrogens is 236 g/mol. The summed E-state index contributed by atoms with van der Waals surface area (Å²) in [4.78, 5) is 12.7. The van der Waals surface area contributed by atoms with E-state index in [1.54, 1.807) is 6.33 Å². The van der Waals surface area contributed by atoms with E-state index in [-0.39, 0.29) is 0 Å². The molecule has 5 heteroatoms. The topological polar surface area (TPSA) is 43.6 Å². The summed E-state index contributed by atoms with van der Waals surface area (Å²) in [6, 6.07) is 9.89. The molecule has 4 nitrogen and oxygen atoms in total. The molecule has 0 bridgehead atoms. The Kier molecular flexibility index (Phi) is 2.30. The zero-order chi connectivity index (χ0) is 11.8. The first-order valence-corrected chi connectivity index (χ1v) is 5.56. The van der Waals surface area contributed by atoms with Gasteiger partial charge in [0.1, 0.15) is 17.7 Å². The lowest BCUT2D eigenvalue weighted by molar-refractivity contribution is 1.03. The fourth-order valence-electron chi connectivity index (χ4n) is 1.75. The molecule has 0 radical (unpaired) electrons. The van der Waals surface area contributed by atoms with Crippen molar-refractivity contribution in [2.75, 3.05) is 0 Å². The van der Waals surface area contributed by atoms with Crippen molar-refractivity contribution >= 4 is 22.8 Å². The standard InChI is InChI=1S/C12H9ClN4/c1-8-15-11(13)10-12(16-8)17(7-14-10)9-5-3-2-4-6-9/h2-7H,1H3. The van der Waals surface area contributed by atoms with Crippen LogP contribution in [0.5, 0.6) is 0 Å². The highest BCUT2D eigenvalue weighted by molar-refractivity contribution is 6.33. The quantitative estimate of drug-likeness (QED) is 0.618. The second-order valence-electron chi connectivity index (χ2n) is 3.68. The van der Waals surface area contributed by atoms with Gasteiger partial charge in [-0.15, -0.1) is 0 Å². The summed E-state index contributed by atoms with van der Waals surface area (Å²) in [6.45, 7) is 1.81. The molecule has 2 aromatic heterocycles. The molecule has 17 heavy (non-hydrogen) atoms. The third-order valence-electron chi connectivity index (χ3n) is 2.50. The Balaban J connectivity index is 2.32. The van der Waals surface area contributed by atoms with Crippen LogP contribution in [0.25, 0.3) is 16.9 Å². The number of fused-ring (bicyclic) bond motifs is 1. The Morgan fingerprint density at radius 1 is 1.12 bits per heavy atom. The van der Waals surface area contributed by atoms with E-state index in [4.69, 9.17) is 11.6 Å². The van der Waals surface area contributed by atoms with Crippen LogP contribution in [0.4, 0.5) is 0 Å². The van der Waals surface area contributed by atoms with Crippen LogP contribution in [0.3, 0.4) is 0 Å². The molecule has 3 aromatic rings. The van der Waals surface area contributed by atoms with E-state index in [9.17, 15) is 0 Å². The van der Waals surface area contributed by atoms with Crippen LogP contribution in [-0.2, 0) is 0 Å². The molecule has 0 saturated carbocycles. The molecule has 0 aliphatic rings. The smallest absolute Gasteiger partial charge is 0.169 e. The maximum atomic E-state index is 6.04. The molecule has 0 saturated heterocycles. The second-order valence-corrected chi connectivity index (χ2v) is 4.04. The molecule has 0 spiro atoms. The van der Waals surface area contributed by atoms with Crippen LogP contribution in [-0.4, -0.2) is 19.5 Å². The lowest BCUT2D eigenvalue weighted by Gasteiger charge is -2.03. The second kappa shape index (κ2) is 3.82. The Morgan fingerprint density at radius 2 is 1.88 bits per heavy atom. The molecule has 0 atom stereocenters. The van der Waals surface area contributed by atoms with Gasteiger partial charge in [-0.2, -0.15) is 0 Å². The molecule has 0 amide bonds. The summed E-state index contributed by atoms with van der Waals surface area (Å²) < 4.78 is 1.90. The first-order valence-electron chi connectivity index (χ1n) is 5.18. The van der Waals surface area contributed by atoms with Gasteiger partial charge in [0.05, 0.1) is 0 Å². The van der Waals surface area contributed by atoms with Gasteiger partial charge in [0.15, 0.2) is 10.8 Å². The third kappa shape index (κ3) is 1.66. The molecular formula is C12H9ClN4. The molecule has 0 aliphatic heterocycles. The normalized spacial score (nSPS) is 10.9. The van der Waals surface area contributed by atoms with E-state index in [1.165, 1.54) is 0 Å². The first-order chi connectivity index (χ1) is 8.25. The molecule has 0 unspecified atom stereocenters. The first kappa shape index (κ1) is 10.2. The molecule has 1 aromatic carbocycles. The van der Waals surface area contributed by atoms with E-state index in [0.29, 0.717) is 16.5 Å². The number of aryl methyl sites for hydroxylation is 1. The van der Waals surface area contributed by atoms with Gasteiger partial charge in [0.2, 0.25) is 0 Å². The highest BCUT2D eigenvalue weighted by atomic mass is 35.5. The van der Waals surface area contributed by atoms with E-state index in [1.807, 2.05) is 41.8 Å². The highest BCUT2D eigenvalue weighted by Gasteiger charge is 2.10. The zero-order valence-electron chi connectivity index (χ0n) is 9.13. The number of rotatable bonds is 1. The van der Waals surface area contributed by atoms with E-state index < -0.39 is 0 Å². The molecule has 0 N–H and O–H groups in total. The van der Waals surface area contributed by atoms with Crippen LogP contribution >= 0.6 is 11.6 Å². The third-order valence-corrected chi connectivity index (χ3v) is 2.76. The van der Waals surface area contributed by atoms with E-state index in [0.717, 1.165) is 11.3 Å². The lowest BCUT2D eigenvalue weighted by atomic mass is 10.3. The summed E-state index contributed by atoms with van der Waals surface area (Å²) in [5, 5.41) is 0.391. The SMILES string of the molecule is Cc1nc(Cl)c2ncn(-c3ccccc3)c2n1. The Hall–Kier alpha value is -1.94. The summed E-state index contributed by atoms with van der Waals surface area (Å²) in [7, 11) is 0. The van der Waals surface area contributed by atoms with Crippen molar-refractivity contribution in [3.05, 3.63) is 47.6 Å². The van der Waals surface area contributed by atoms with Crippen LogP contribution < -0.4 is 0 Å². The molecule has 2 heterocycles. The minimum Gasteiger partial charge on any atom is -0.283 e. The maximum absolute atomic E-state index is 6.04. The zero-order valence-corrected chi connectivity index (χ0v) is 9.89. The predicted molar refractivity (Wildman–Crippen MR) is 66.4 cm³/mol. The Labute approximate surface area is 103 Å². The number of halogens is 1. The average Bonchev–Trinajstić information content (AvgIpc) is 2.74.